The average molecular weight is 456 g/mol. The lowest BCUT2D eigenvalue weighted by Gasteiger charge is -2.33. The van der Waals surface area contributed by atoms with Gasteiger partial charge in [-0.1, -0.05) is 44.5 Å². The van der Waals surface area contributed by atoms with Crippen LogP contribution >= 0.6 is 11.6 Å². The van der Waals surface area contributed by atoms with Crippen molar-refractivity contribution in [2.24, 2.45) is 11.8 Å². The van der Waals surface area contributed by atoms with Crippen molar-refractivity contribution < 1.29 is 9.18 Å². The normalized spacial score (nSPS) is 14.7. The molecule has 0 bridgehead atoms. The Labute approximate surface area is 191 Å². The predicted molar refractivity (Wildman–Crippen MR) is 125 cm³/mol. The summed E-state index contributed by atoms with van der Waals surface area (Å²) in [4.78, 5) is 33.6. The molecule has 1 unspecified atom stereocenters. The molecule has 1 aromatic heterocycles. The zero-order chi connectivity index (χ0) is 23.0. The van der Waals surface area contributed by atoms with Gasteiger partial charge >= 0.3 is 0 Å². The molecule has 1 fully saturated rings. The van der Waals surface area contributed by atoms with E-state index in [0.29, 0.717) is 35.4 Å². The summed E-state index contributed by atoms with van der Waals surface area (Å²) < 4.78 is 15.4. The SMILES string of the molecule is CCC(c1nc2ccccc2c(=O)n1-c1ccc(F)c(Cl)c1)N(CC(C)C)C(=O)C1CC1. The maximum absolute atomic E-state index is 13.9. The van der Waals surface area contributed by atoms with Crippen LogP contribution in [0.15, 0.2) is 47.3 Å². The van der Waals surface area contributed by atoms with Gasteiger partial charge in [0.05, 0.1) is 27.7 Å². The quantitative estimate of drug-likeness (QED) is 0.471. The number of carbonyl (C=O) groups is 1. The fourth-order valence-electron chi connectivity index (χ4n) is 4.12. The van der Waals surface area contributed by atoms with Gasteiger partial charge in [-0.3, -0.25) is 14.2 Å². The molecule has 3 aromatic rings. The highest BCUT2D eigenvalue weighted by Crippen LogP contribution is 2.36. The maximum Gasteiger partial charge on any atom is 0.266 e. The highest BCUT2D eigenvalue weighted by molar-refractivity contribution is 6.30. The van der Waals surface area contributed by atoms with Gasteiger partial charge in [0.25, 0.3) is 5.56 Å². The van der Waals surface area contributed by atoms with Gasteiger partial charge in [0.2, 0.25) is 5.91 Å². The van der Waals surface area contributed by atoms with E-state index < -0.39 is 11.9 Å². The molecule has 0 saturated heterocycles. The van der Waals surface area contributed by atoms with Crippen molar-refractivity contribution in [3.63, 3.8) is 0 Å². The second-order valence-electron chi connectivity index (χ2n) is 8.81. The Morgan fingerprint density at radius 3 is 2.59 bits per heavy atom. The molecule has 32 heavy (non-hydrogen) atoms. The van der Waals surface area contributed by atoms with Crippen LogP contribution in [0, 0.1) is 17.7 Å². The third kappa shape index (κ3) is 4.29. The van der Waals surface area contributed by atoms with Crippen LogP contribution < -0.4 is 5.56 Å². The van der Waals surface area contributed by atoms with E-state index in [2.05, 4.69) is 13.8 Å². The van der Waals surface area contributed by atoms with Crippen LogP contribution in [0.3, 0.4) is 0 Å². The van der Waals surface area contributed by atoms with Crippen LogP contribution in [0.1, 0.15) is 51.9 Å². The number of halogens is 2. The zero-order valence-electron chi connectivity index (χ0n) is 18.5. The molecule has 1 aliphatic rings. The molecule has 2 aromatic carbocycles. The van der Waals surface area contributed by atoms with Gasteiger partial charge in [0.15, 0.2) is 0 Å². The summed E-state index contributed by atoms with van der Waals surface area (Å²) in [6, 6.07) is 10.9. The Bertz CT molecular complexity index is 1220. The number of para-hydroxylation sites is 1. The maximum atomic E-state index is 13.9. The number of carbonyl (C=O) groups excluding carboxylic acids is 1. The third-order valence-electron chi connectivity index (χ3n) is 5.80. The van der Waals surface area contributed by atoms with E-state index in [-0.39, 0.29) is 28.3 Å². The van der Waals surface area contributed by atoms with E-state index in [4.69, 9.17) is 16.6 Å². The molecule has 1 saturated carbocycles. The molecule has 0 radical (unpaired) electrons. The van der Waals surface area contributed by atoms with Gasteiger partial charge in [-0.05, 0) is 55.5 Å². The van der Waals surface area contributed by atoms with Crippen molar-refractivity contribution in [3.8, 4) is 5.69 Å². The molecule has 7 heteroatoms. The molecule has 0 N–H and O–H groups in total. The van der Waals surface area contributed by atoms with Crippen LogP contribution in [0.4, 0.5) is 4.39 Å². The van der Waals surface area contributed by atoms with Crippen molar-refractivity contribution in [1.82, 2.24) is 14.5 Å². The molecule has 5 nitrogen and oxygen atoms in total. The summed E-state index contributed by atoms with van der Waals surface area (Å²) in [7, 11) is 0. The summed E-state index contributed by atoms with van der Waals surface area (Å²) in [5, 5.41) is 0.380. The van der Waals surface area contributed by atoms with Gasteiger partial charge in [-0.2, -0.15) is 0 Å². The van der Waals surface area contributed by atoms with E-state index in [0.717, 1.165) is 12.8 Å². The molecule has 1 aliphatic carbocycles. The van der Waals surface area contributed by atoms with Crippen molar-refractivity contribution >= 4 is 28.4 Å². The first-order chi connectivity index (χ1) is 15.3. The molecule has 168 valence electrons. The fraction of sp³-hybridized carbons (Fsp3) is 0.400. The van der Waals surface area contributed by atoms with Crippen LogP contribution in [-0.2, 0) is 4.79 Å². The number of hydrogen-bond acceptors (Lipinski definition) is 3. The van der Waals surface area contributed by atoms with Gasteiger partial charge in [-0.25, -0.2) is 9.37 Å². The molecule has 1 amide bonds. The number of amides is 1. The molecule has 4 rings (SSSR count). The molecule has 0 aliphatic heterocycles. The standard InChI is InChI=1S/C25H27ClFN3O2/c1-4-22(29(14-15(2)3)24(31)16-9-10-16)23-28-21-8-6-5-7-18(21)25(32)30(23)17-11-12-20(27)19(26)13-17/h5-8,11-13,15-16,22H,4,9-10,14H2,1-3H3. The molecular formula is C25H27ClFN3O2. The minimum absolute atomic E-state index is 0.0451. The van der Waals surface area contributed by atoms with Gasteiger partial charge in [0.1, 0.15) is 11.6 Å². The van der Waals surface area contributed by atoms with Crippen molar-refractivity contribution in [2.75, 3.05) is 6.54 Å². The lowest BCUT2D eigenvalue weighted by Crippen LogP contribution is -2.41. The van der Waals surface area contributed by atoms with E-state index in [1.165, 1.54) is 22.8 Å². The smallest absolute Gasteiger partial charge is 0.266 e. The monoisotopic (exact) mass is 455 g/mol. The number of hydrogen-bond donors (Lipinski definition) is 0. The average Bonchev–Trinajstić information content (AvgIpc) is 3.61. The van der Waals surface area contributed by atoms with Crippen LogP contribution in [0.2, 0.25) is 5.02 Å². The van der Waals surface area contributed by atoms with E-state index in [9.17, 15) is 14.0 Å². The van der Waals surface area contributed by atoms with Crippen molar-refractivity contribution in [1.29, 1.82) is 0 Å². The van der Waals surface area contributed by atoms with E-state index in [1.54, 1.807) is 18.2 Å². The molecule has 1 atom stereocenters. The lowest BCUT2D eigenvalue weighted by molar-refractivity contribution is -0.136. The first-order valence-electron chi connectivity index (χ1n) is 11.1. The third-order valence-corrected chi connectivity index (χ3v) is 6.09. The molecule has 1 heterocycles. The largest absolute Gasteiger partial charge is 0.332 e. The summed E-state index contributed by atoms with van der Waals surface area (Å²) in [6.07, 6.45) is 2.38. The van der Waals surface area contributed by atoms with Crippen molar-refractivity contribution in [3.05, 3.63) is 69.5 Å². The Hall–Kier alpha value is -2.73. The fourth-order valence-corrected chi connectivity index (χ4v) is 4.29. The topological polar surface area (TPSA) is 55.2 Å². The Morgan fingerprint density at radius 1 is 1.25 bits per heavy atom. The minimum Gasteiger partial charge on any atom is -0.332 e. The highest BCUT2D eigenvalue weighted by Gasteiger charge is 2.38. The first kappa shape index (κ1) is 22.5. The number of fused-ring (bicyclic) bond motifs is 1. The predicted octanol–water partition coefficient (Wildman–Crippen LogP) is 5.52. The van der Waals surface area contributed by atoms with Crippen molar-refractivity contribution in [2.45, 2.75) is 46.1 Å². The first-order valence-corrected chi connectivity index (χ1v) is 11.5. The summed E-state index contributed by atoms with van der Waals surface area (Å²) >= 11 is 6.06. The number of aromatic nitrogens is 2. The zero-order valence-corrected chi connectivity index (χ0v) is 19.3. The summed E-state index contributed by atoms with van der Waals surface area (Å²) in [6.45, 7) is 6.70. The summed E-state index contributed by atoms with van der Waals surface area (Å²) in [5.74, 6) is 0.317. The lowest BCUT2D eigenvalue weighted by atomic mass is 10.1. The van der Waals surface area contributed by atoms with Gasteiger partial charge < -0.3 is 4.90 Å². The molecule has 0 spiro atoms. The van der Waals surface area contributed by atoms with Crippen LogP contribution in [0.25, 0.3) is 16.6 Å². The summed E-state index contributed by atoms with van der Waals surface area (Å²) in [5.41, 5.74) is 0.727. The number of nitrogens with zero attached hydrogens (tertiary/aromatic N) is 3. The Balaban J connectivity index is 1.97. The second kappa shape index (κ2) is 9.02. The Kier molecular flexibility index (Phi) is 6.33. The van der Waals surface area contributed by atoms with Crippen LogP contribution in [-0.4, -0.2) is 26.9 Å². The molecular weight excluding hydrogens is 429 g/mol. The minimum atomic E-state index is -0.559. The van der Waals surface area contributed by atoms with Gasteiger partial charge in [-0.15, -0.1) is 0 Å². The van der Waals surface area contributed by atoms with Crippen LogP contribution in [0.5, 0.6) is 0 Å². The van der Waals surface area contributed by atoms with Gasteiger partial charge in [0, 0.05) is 12.5 Å². The highest BCUT2D eigenvalue weighted by atomic mass is 35.5. The van der Waals surface area contributed by atoms with E-state index in [1.807, 2.05) is 17.9 Å². The Morgan fingerprint density at radius 2 is 1.97 bits per heavy atom. The number of benzene rings is 2. The van der Waals surface area contributed by atoms with E-state index >= 15 is 0 Å². The second-order valence-corrected chi connectivity index (χ2v) is 9.22. The number of rotatable bonds is 7.